The standard InChI is InChI=1S/C17H27N5O2S.HI/c1-12-20-13(11-25-12)5-6-18-15-19-9-14-10-21(7-8-22(14)15)16(23)24-17(2,3)4;/h11,14H,5-10H2,1-4H3,(H,18,19);1H. The van der Waals surface area contributed by atoms with Crippen LogP contribution < -0.4 is 5.32 Å². The van der Waals surface area contributed by atoms with Gasteiger partial charge in [-0.15, -0.1) is 35.3 Å². The molecule has 0 saturated carbocycles. The second-order valence-electron chi connectivity index (χ2n) is 7.47. The highest BCUT2D eigenvalue weighted by molar-refractivity contribution is 14.0. The summed E-state index contributed by atoms with van der Waals surface area (Å²) in [7, 11) is 0. The fourth-order valence-corrected chi connectivity index (χ4v) is 3.70. The molecule has 1 amide bonds. The molecule has 26 heavy (non-hydrogen) atoms. The molecule has 0 spiro atoms. The smallest absolute Gasteiger partial charge is 0.410 e. The molecule has 1 saturated heterocycles. The van der Waals surface area contributed by atoms with Gasteiger partial charge < -0.3 is 19.9 Å². The van der Waals surface area contributed by atoms with Gasteiger partial charge in [-0.05, 0) is 27.7 Å². The van der Waals surface area contributed by atoms with E-state index >= 15 is 0 Å². The van der Waals surface area contributed by atoms with Crippen molar-refractivity contribution in [1.82, 2.24) is 20.1 Å². The lowest BCUT2D eigenvalue weighted by Gasteiger charge is -2.39. The summed E-state index contributed by atoms with van der Waals surface area (Å²) in [6.07, 6.45) is 0.666. The molecule has 1 fully saturated rings. The number of aliphatic imine (C=N–C) groups is 1. The number of hydrogen-bond acceptors (Lipinski definition) is 7. The SMILES string of the molecule is Cc1nc(CCNC2=NCC3CN(C(=O)OC(C)(C)C)CCN23)cs1.I. The Balaban J connectivity index is 0.00000243. The maximum atomic E-state index is 12.2. The number of carbonyl (C=O) groups excluding carboxylic acids is 1. The van der Waals surface area contributed by atoms with E-state index in [0.29, 0.717) is 13.1 Å². The lowest BCUT2D eigenvalue weighted by Crippen LogP contribution is -2.57. The zero-order chi connectivity index (χ0) is 18.0. The molecule has 1 atom stereocenters. The molecule has 1 aromatic heterocycles. The first kappa shape index (κ1) is 21.2. The van der Waals surface area contributed by atoms with Crippen molar-refractivity contribution in [2.45, 2.75) is 45.8 Å². The van der Waals surface area contributed by atoms with Crippen molar-refractivity contribution in [3.8, 4) is 0 Å². The van der Waals surface area contributed by atoms with Crippen molar-refractivity contribution in [3.63, 3.8) is 0 Å². The Kier molecular flexibility index (Phi) is 7.12. The van der Waals surface area contributed by atoms with E-state index in [1.165, 1.54) is 0 Å². The number of rotatable bonds is 3. The van der Waals surface area contributed by atoms with Crippen molar-refractivity contribution in [1.29, 1.82) is 0 Å². The first-order valence-electron chi connectivity index (χ1n) is 8.76. The number of amides is 1. The summed E-state index contributed by atoms with van der Waals surface area (Å²) in [4.78, 5) is 25.4. The van der Waals surface area contributed by atoms with Crippen LogP contribution in [0.3, 0.4) is 0 Å². The fourth-order valence-electron chi connectivity index (χ4n) is 3.05. The second kappa shape index (κ2) is 8.73. The molecule has 7 nitrogen and oxygen atoms in total. The molecular weight excluding hydrogens is 465 g/mol. The Morgan fingerprint density at radius 2 is 2.19 bits per heavy atom. The van der Waals surface area contributed by atoms with Gasteiger partial charge in [0.1, 0.15) is 5.60 Å². The summed E-state index contributed by atoms with van der Waals surface area (Å²) >= 11 is 1.68. The number of thiazole rings is 1. The predicted molar refractivity (Wildman–Crippen MR) is 115 cm³/mol. The van der Waals surface area contributed by atoms with Crippen molar-refractivity contribution in [2.75, 3.05) is 32.7 Å². The quantitative estimate of drug-likeness (QED) is 0.656. The number of carbonyl (C=O) groups is 1. The number of halogens is 1. The minimum atomic E-state index is -0.457. The summed E-state index contributed by atoms with van der Waals surface area (Å²) in [5, 5.41) is 6.64. The molecule has 2 aliphatic rings. The van der Waals surface area contributed by atoms with E-state index in [1.54, 1.807) is 16.2 Å². The number of guanidine groups is 1. The molecule has 1 aromatic rings. The van der Waals surface area contributed by atoms with Crippen LogP contribution in [0.4, 0.5) is 4.79 Å². The van der Waals surface area contributed by atoms with Crippen LogP contribution in [0.15, 0.2) is 10.4 Å². The highest BCUT2D eigenvalue weighted by atomic mass is 127. The maximum absolute atomic E-state index is 12.2. The largest absolute Gasteiger partial charge is 0.444 e. The van der Waals surface area contributed by atoms with Crippen LogP contribution in [0.2, 0.25) is 0 Å². The Morgan fingerprint density at radius 1 is 1.42 bits per heavy atom. The van der Waals surface area contributed by atoms with Gasteiger partial charge in [-0.25, -0.2) is 9.78 Å². The van der Waals surface area contributed by atoms with Gasteiger partial charge in [0, 0.05) is 38.0 Å². The van der Waals surface area contributed by atoms with Gasteiger partial charge in [-0.3, -0.25) is 4.99 Å². The minimum absolute atomic E-state index is 0. The normalized spacial score (nSPS) is 19.5. The van der Waals surface area contributed by atoms with Crippen LogP contribution in [-0.2, 0) is 11.2 Å². The third kappa shape index (κ3) is 5.45. The summed E-state index contributed by atoms with van der Waals surface area (Å²) in [6.45, 7) is 11.4. The molecule has 0 aromatic carbocycles. The monoisotopic (exact) mass is 493 g/mol. The first-order valence-corrected chi connectivity index (χ1v) is 9.64. The van der Waals surface area contributed by atoms with Gasteiger partial charge in [0.2, 0.25) is 0 Å². The van der Waals surface area contributed by atoms with Crippen molar-refractivity contribution in [2.24, 2.45) is 4.99 Å². The third-order valence-corrected chi connectivity index (χ3v) is 5.01. The third-order valence-electron chi connectivity index (χ3n) is 4.19. The first-order chi connectivity index (χ1) is 11.8. The average Bonchev–Trinajstić information content (AvgIpc) is 3.12. The van der Waals surface area contributed by atoms with Crippen molar-refractivity contribution >= 4 is 47.4 Å². The topological polar surface area (TPSA) is 70.1 Å². The molecule has 2 aliphatic heterocycles. The average molecular weight is 493 g/mol. The van der Waals surface area contributed by atoms with E-state index in [9.17, 15) is 4.79 Å². The van der Waals surface area contributed by atoms with Crippen LogP contribution in [-0.4, -0.2) is 71.2 Å². The van der Waals surface area contributed by atoms with Gasteiger partial charge in [0.25, 0.3) is 0 Å². The van der Waals surface area contributed by atoms with Gasteiger partial charge in [0.15, 0.2) is 5.96 Å². The summed E-state index contributed by atoms with van der Waals surface area (Å²) in [6, 6.07) is 0.241. The highest BCUT2D eigenvalue weighted by Crippen LogP contribution is 2.18. The second-order valence-corrected chi connectivity index (χ2v) is 8.53. The van der Waals surface area contributed by atoms with E-state index < -0.39 is 5.60 Å². The van der Waals surface area contributed by atoms with Crippen molar-refractivity contribution in [3.05, 3.63) is 16.1 Å². The van der Waals surface area contributed by atoms with Gasteiger partial charge >= 0.3 is 6.09 Å². The predicted octanol–water partition coefficient (Wildman–Crippen LogP) is 2.49. The number of nitrogens with zero attached hydrogens (tertiary/aromatic N) is 4. The van der Waals surface area contributed by atoms with Gasteiger partial charge in [0.05, 0.1) is 23.3 Å². The van der Waals surface area contributed by atoms with Gasteiger partial charge in [-0.1, -0.05) is 0 Å². The zero-order valence-corrected chi connectivity index (χ0v) is 19.0. The number of aryl methyl sites for hydroxylation is 1. The maximum Gasteiger partial charge on any atom is 0.410 e. The minimum Gasteiger partial charge on any atom is -0.444 e. The van der Waals surface area contributed by atoms with E-state index in [2.05, 4.69) is 25.6 Å². The highest BCUT2D eigenvalue weighted by Gasteiger charge is 2.36. The molecule has 146 valence electrons. The molecule has 0 bridgehead atoms. The molecule has 1 N–H and O–H groups in total. The Bertz CT molecular complexity index is 658. The molecule has 1 unspecified atom stereocenters. The molecule has 0 aliphatic carbocycles. The zero-order valence-electron chi connectivity index (χ0n) is 15.8. The summed E-state index contributed by atoms with van der Waals surface area (Å²) in [5.41, 5.74) is 0.668. The molecule has 3 rings (SSSR count). The Labute approximate surface area is 176 Å². The van der Waals surface area contributed by atoms with Crippen LogP contribution in [0, 0.1) is 6.92 Å². The van der Waals surface area contributed by atoms with Crippen LogP contribution in [0.1, 0.15) is 31.5 Å². The molecule has 0 radical (unpaired) electrons. The molecule has 3 heterocycles. The van der Waals surface area contributed by atoms with E-state index in [0.717, 1.165) is 42.7 Å². The van der Waals surface area contributed by atoms with Crippen molar-refractivity contribution < 1.29 is 9.53 Å². The van der Waals surface area contributed by atoms with Crippen LogP contribution in [0.5, 0.6) is 0 Å². The number of nitrogens with one attached hydrogen (secondary N) is 1. The number of piperazine rings is 1. The fraction of sp³-hybridized carbons (Fsp3) is 0.706. The Hall–Kier alpha value is -1.10. The molecule has 9 heteroatoms. The molecular formula is C17H28IN5O2S. The lowest BCUT2D eigenvalue weighted by molar-refractivity contribution is 0.0137. The number of ether oxygens (including phenoxy) is 1. The van der Waals surface area contributed by atoms with E-state index in [-0.39, 0.29) is 36.1 Å². The van der Waals surface area contributed by atoms with E-state index in [1.807, 2.05) is 27.7 Å². The van der Waals surface area contributed by atoms with E-state index in [4.69, 9.17) is 4.74 Å². The Morgan fingerprint density at radius 3 is 2.85 bits per heavy atom. The lowest BCUT2D eigenvalue weighted by atomic mass is 10.2. The number of hydrogen-bond donors (Lipinski definition) is 1. The van der Waals surface area contributed by atoms with Gasteiger partial charge in [-0.2, -0.15) is 0 Å². The van der Waals surface area contributed by atoms with Crippen LogP contribution in [0.25, 0.3) is 0 Å². The summed E-state index contributed by atoms with van der Waals surface area (Å²) < 4.78 is 5.48. The summed E-state index contributed by atoms with van der Waals surface area (Å²) in [5.74, 6) is 0.945. The number of fused-ring (bicyclic) bond motifs is 1. The van der Waals surface area contributed by atoms with Crippen LogP contribution >= 0.6 is 35.3 Å². The number of aromatic nitrogens is 1.